The molecule has 1 N–H and O–H groups in total. The van der Waals surface area contributed by atoms with Gasteiger partial charge in [-0.2, -0.15) is 4.68 Å². The minimum Gasteiger partial charge on any atom is -0.317 e. The highest BCUT2D eigenvalue weighted by Gasteiger charge is 2.21. The first-order chi connectivity index (χ1) is 8.45. The van der Waals surface area contributed by atoms with Crippen LogP contribution >= 0.6 is 0 Å². The molecule has 1 fully saturated rings. The summed E-state index contributed by atoms with van der Waals surface area (Å²) in [6.07, 6.45) is 5.68. The molecule has 0 radical (unpaired) electrons. The number of aromatic nitrogens is 5. The molecule has 1 aliphatic rings. The summed E-state index contributed by atoms with van der Waals surface area (Å²) in [4.78, 5) is 4.01. The fraction of sp³-hybridized carbons (Fsp3) is 0.455. The molecule has 0 bridgehead atoms. The number of tetrazole rings is 1. The molecule has 0 unspecified atom stereocenters. The normalized spacial score (nSPS) is 17.2. The van der Waals surface area contributed by atoms with Crippen LogP contribution in [-0.4, -0.2) is 38.3 Å². The lowest BCUT2D eigenvalue weighted by molar-refractivity contribution is 0.438. The molecule has 2 aromatic heterocycles. The summed E-state index contributed by atoms with van der Waals surface area (Å²) in [6, 6.07) is 3.84. The van der Waals surface area contributed by atoms with Gasteiger partial charge in [-0.3, -0.25) is 4.98 Å². The number of pyridine rings is 1. The summed E-state index contributed by atoms with van der Waals surface area (Å²) in [5.74, 6) is 1.40. The molecule has 17 heavy (non-hydrogen) atoms. The van der Waals surface area contributed by atoms with Crippen LogP contribution in [0.5, 0.6) is 0 Å². The largest absolute Gasteiger partial charge is 0.317 e. The Morgan fingerprint density at radius 2 is 1.94 bits per heavy atom. The van der Waals surface area contributed by atoms with Crippen LogP contribution in [0, 0.1) is 0 Å². The molecule has 3 rings (SSSR count). The topological polar surface area (TPSA) is 68.5 Å². The molecule has 1 saturated heterocycles. The van der Waals surface area contributed by atoms with Crippen molar-refractivity contribution in [3.05, 3.63) is 30.4 Å². The van der Waals surface area contributed by atoms with Gasteiger partial charge in [-0.25, -0.2) is 0 Å². The molecule has 0 atom stereocenters. The Hall–Kier alpha value is -1.82. The van der Waals surface area contributed by atoms with Crippen LogP contribution in [0.15, 0.2) is 24.5 Å². The van der Waals surface area contributed by atoms with Crippen molar-refractivity contribution >= 4 is 0 Å². The molecular formula is C11H14N6. The van der Waals surface area contributed by atoms with Gasteiger partial charge in [-0.1, -0.05) is 0 Å². The maximum absolute atomic E-state index is 4.17. The predicted molar refractivity (Wildman–Crippen MR) is 61.8 cm³/mol. The summed E-state index contributed by atoms with van der Waals surface area (Å²) in [5, 5.41) is 15.4. The minimum atomic E-state index is 0.444. The molecule has 0 amide bonds. The average molecular weight is 230 g/mol. The highest BCUT2D eigenvalue weighted by molar-refractivity contribution is 5.28. The average Bonchev–Trinajstić information content (AvgIpc) is 2.90. The van der Waals surface area contributed by atoms with Gasteiger partial charge in [0, 0.05) is 18.3 Å². The first-order valence-corrected chi connectivity index (χ1v) is 5.84. The van der Waals surface area contributed by atoms with Crippen LogP contribution < -0.4 is 5.32 Å². The molecule has 0 saturated carbocycles. The Kier molecular flexibility index (Phi) is 2.79. The Labute approximate surface area is 99.1 Å². The third-order valence-electron chi connectivity index (χ3n) is 3.11. The molecule has 0 aromatic carbocycles. The van der Waals surface area contributed by atoms with Gasteiger partial charge in [0.1, 0.15) is 0 Å². The molecule has 1 aliphatic heterocycles. The van der Waals surface area contributed by atoms with E-state index in [2.05, 4.69) is 25.8 Å². The maximum Gasteiger partial charge on any atom is 0.159 e. The van der Waals surface area contributed by atoms with E-state index in [1.165, 1.54) is 0 Å². The number of rotatable bonds is 2. The zero-order chi connectivity index (χ0) is 11.5. The van der Waals surface area contributed by atoms with Crippen molar-refractivity contribution in [2.24, 2.45) is 0 Å². The summed E-state index contributed by atoms with van der Waals surface area (Å²) < 4.78 is 1.82. The fourth-order valence-electron chi connectivity index (χ4n) is 2.20. The van der Waals surface area contributed by atoms with Gasteiger partial charge in [0.25, 0.3) is 0 Å². The van der Waals surface area contributed by atoms with E-state index in [0.717, 1.165) is 37.4 Å². The van der Waals surface area contributed by atoms with Crippen LogP contribution in [0.1, 0.15) is 24.6 Å². The first-order valence-electron chi connectivity index (χ1n) is 5.84. The van der Waals surface area contributed by atoms with Crippen LogP contribution in [0.2, 0.25) is 0 Å². The SMILES string of the molecule is c1cc(-n2nnnc2C2CCNCC2)ccn1. The number of hydrogen-bond acceptors (Lipinski definition) is 5. The van der Waals surface area contributed by atoms with Crippen molar-refractivity contribution in [3.63, 3.8) is 0 Å². The van der Waals surface area contributed by atoms with Crippen molar-refractivity contribution < 1.29 is 0 Å². The summed E-state index contributed by atoms with van der Waals surface area (Å²) >= 11 is 0. The van der Waals surface area contributed by atoms with Crippen LogP contribution in [0.25, 0.3) is 5.69 Å². The van der Waals surface area contributed by atoms with Crippen LogP contribution in [0.4, 0.5) is 0 Å². The third kappa shape index (κ3) is 2.03. The number of nitrogens with one attached hydrogen (secondary N) is 1. The van der Waals surface area contributed by atoms with Crippen molar-refractivity contribution in [2.75, 3.05) is 13.1 Å². The van der Waals surface area contributed by atoms with Crippen molar-refractivity contribution in [3.8, 4) is 5.69 Å². The second kappa shape index (κ2) is 4.58. The second-order valence-electron chi connectivity index (χ2n) is 4.18. The minimum absolute atomic E-state index is 0.444. The van der Waals surface area contributed by atoms with Crippen molar-refractivity contribution in [1.82, 2.24) is 30.5 Å². The van der Waals surface area contributed by atoms with E-state index in [4.69, 9.17) is 0 Å². The quantitative estimate of drug-likeness (QED) is 0.814. The lowest BCUT2D eigenvalue weighted by Gasteiger charge is -2.21. The zero-order valence-electron chi connectivity index (χ0n) is 9.45. The van der Waals surface area contributed by atoms with Gasteiger partial charge >= 0.3 is 0 Å². The standard InChI is InChI=1S/C11H14N6/c1-5-12-6-2-9(1)11-14-15-16-17(11)10-3-7-13-8-4-10/h3-4,7-9,12H,1-2,5-6H2. The van der Waals surface area contributed by atoms with E-state index < -0.39 is 0 Å². The predicted octanol–water partition coefficient (Wildman–Crippen LogP) is 0.524. The van der Waals surface area contributed by atoms with E-state index in [9.17, 15) is 0 Å². The zero-order valence-corrected chi connectivity index (χ0v) is 9.45. The summed E-state index contributed by atoms with van der Waals surface area (Å²) in [5.41, 5.74) is 0.971. The molecule has 88 valence electrons. The lowest BCUT2D eigenvalue weighted by Crippen LogP contribution is -2.28. The molecule has 3 heterocycles. The molecule has 6 nitrogen and oxygen atoms in total. The molecular weight excluding hydrogens is 216 g/mol. The van der Waals surface area contributed by atoms with Crippen molar-refractivity contribution in [1.29, 1.82) is 0 Å². The summed E-state index contributed by atoms with van der Waals surface area (Å²) in [7, 11) is 0. The molecule has 2 aromatic rings. The second-order valence-corrected chi connectivity index (χ2v) is 4.18. The highest BCUT2D eigenvalue weighted by atomic mass is 15.5. The highest BCUT2D eigenvalue weighted by Crippen LogP contribution is 2.24. The fourth-order valence-corrected chi connectivity index (χ4v) is 2.20. The van der Waals surface area contributed by atoms with Gasteiger partial charge in [-0.05, 0) is 48.5 Å². The Balaban J connectivity index is 1.93. The Morgan fingerprint density at radius 3 is 2.71 bits per heavy atom. The summed E-state index contributed by atoms with van der Waals surface area (Å²) in [6.45, 7) is 2.07. The monoisotopic (exact) mass is 230 g/mol. The smallest absolute Gasteiger partial charge is 0.159 e. The Bertz CT molecular complexity index is 474. The van der Waals surface area contributed by atoms with E-state index in [1.807, 2.05) is 16.8 Å². The molecule has 0 spiro atoms. The molecule has 6 heteroatoms. The van der Waals surface area contributed by atoms with Gasteiger partial charge < -0.3 is 5.32 Å². The van der Waals surface area contributed by atoms with Gasteiger partial charge in [0.2, 0.25) is 0 Å². The van der Waals surface area contributed by atoms with Crippen LogP contribution in [-0.2, 0) is 0 Å². The maximum atomic E-state index is 4.17. The van der Waals surface area contributed by atoms with Gasteiger partial charge in [-0.15, -0.1) is 5.10 Å². The number of hydrogen-bond donors (Lipinski definition) is 1. The first kappa shape index (κ1) is 10.3. The van der Waals surface area contributed by atoms with Crippen LogP contribution in [0.3, 0.4) is 0 Å². The van der Waals surface area contributed by atoms with E-state index >= 15 is 0 Å². The van der Waals surface area contributed by atoms with Crippen molar-refractivity contribution in [2.45, 2.75) is 18.8 Å². The number of piperidine rings is 1. The number of nitrogens with zero attached hydrogens (tertiary/aromatic N) is 5. The third-order valence-corrected chi connectivity index (χ3v) is 3.11. The Morgan fingerprint density at radius 1 is 1.18 bits per heavy atom. The van der Waals surface area contributed by atoms with E-state index in [-0.39, 0.29) is 0 Å². The lowest BCUT2D eigenvalue weighted by atomic mass is 9.97. The van der Waals surface area contributed by atoms with E-state index in [1.54, 1.807) is 12.4 Å². The molecule has 0 aliphatic carbocycles. The van der Waals surface area contributed by atoms with Gasteiger partial charge in [0.05, 0.1) is 5.69 Å². The van der Waals surface area contributed by atoms with Gasteiger partial charge in [0.15, 0.2) is 5.82 Å². The van der Waals surface area contributed by atoms with E-state index in [0.29, 0.717) is 5.92 Å².